The van der Waals surface area contributed by atoms with E-state index in [1.54, 1.807) is 12.1 Å². The summed E-state index contributed by atoms with van der Waals surface area (Å²) in [5.41, 5.74) is 6.68. The highest BCUT2D eigenvalue weighted by molar-refractivity contribution is 7.89. The quantitative estimate of drug-likeness (QED) is 0.755. The van der Waals surface area contributed by atoms with Crippen LogP contribution >= 0.6 is 0 Å². The van der Waals surface area contributed by atoms with Crippen LogP contribution in [0.3, 0.4) is 0 Å². The second-order valence-corrected chi connectivity index (χ2v) is 9.43. The highest BCUT2D eigenvalue weighted by atomic mass is 32.2. The third-order valence-corrected chi connectivity index (χ3v) is 6.95. The van der Waals surface area contributed by atoms with Crippen LogP contribution in [-0.4, -0.2) is 44.8 Å². The highest BCUT2D eigenvalue weighted by Crippen LogP contribution is 2.25. The molecule has 1 aliphatic heterocycles. The van der Waals surface area contributed by atoms with Crippen LogP contribution < -0.4 is 11.1 Å². The molecule has 3 N–H and O–H groups in total. The van der Waals surface area contributed by atoms with Crippen LogP contribution in [0, 0.1) is 11.8 Å². The number of carbonyl (C=O) groups is 1. The molecule has 0 saturated carbocycles. The Labute approximate surface area is 157 Å². The van der Waals surface area contributed by atoms with Gasteiger partial charge in [-0.05, 0) is 48.9 Å². The average Bonchev–Trinajstić information content (AvgIpc) is 2.65. The summed E-state index contributed by atoms with van der Waals surface area (Å²) in [4.78, 5) is 12.5. The maximum Gasteiger partial charge on any atom is 0.243 e. The van der Waals surface area contributed by atoms with Crippen molar-refractivity contribution in [3.8, 4) is 0 Å². The Morgan fingerprint density at radius 3 is 2.27 bits per heavy atom. The number of nitrogens with one attached hydrogen (secondary N) is 1. The predicted molar refractivity (Wildman–Crippen MR) is 103 cm³/mol. The minimum Gasteiger partial charge on any atom is -0.356 e. The maximum atomic E-state index is 12.8. The first-order chi connectivity index (χ1) is 12.3. The summed E-state index contributed by atoms with van der Waals surface area (Å²) in [6, 6.07) is 7.10. The van der Waals surface area contributed by atoms with Gasteiger partial charge in [-0.1, -0.05) is 32.9 Å². The van der Waals surface area contributed by atoms with Gasteiger partial charge in [0.15, 0.2) is 0 Å². The fourth-order valence-corrected chi connectivity index (χ4v) is 4.50. The van der Waals surface area contributed by atoms with Crippen molar-refractivity contribution in [1.82, 2.24) is 9.62 Å². The van der Waals surface area contributed by atoms with E-state index in [2.05, 4.69) is 19.2 Å². The molecule has 26 heavy (non-hydrogen) atoms. The van der Waals surface area contributed by atoms with E-state index >= 15 is 0 Å². The number of amides is 1. The van der Waals surface area contributed by atoms with Gasteiger partial charge in [-0.15, -0.1) is 0 Å². The molecule has 0 spiro atoms. The van der Waals surface area contributed by atoms with E-state index in [-0.39, 0.29) is 17.7 Å². The lowest BCUT2D eigenvalue weighted by Gasteiger charge is -2.30. The Kier molecular flexibility index (Phi) is 7.20. The van der Waals surface area contributed by atoms with Crippen molar-refractivity contribution >= 4 is 15.9 Å². The Morgan fingerprint density at radius 1 is 1.19 bits per heavy atom. The lowest BCUT2D eigenvalue weighted by molar-refractivity contribution is -0.126. The number of hydrogen-bond donors (Lipinski definition) is 2. The molecule has 1 aliphatic rings. The third-order valence-electron chi connectivity index (χ3n) is 5.04. The molecule has 7 heteroatoms. The summed E-state index contributed by atoms with van der Waals surface area (Å²) in [6.07, 6.45) is 1.10. The summed E-state index contributed by atoms with van der Waals surface area (Å²) >= 11 is 0. The molecule has 0 aliphatic carbocycles. The first-order valence-electron chi connectivity index (χ1n) is 9.33. The predicted octanol–water partition coefficient (Wildman–Crippen LogP) is 1.92. The van der Waals surface area contributed by atoms with E-state index in [9.17, 15) is 13.2 Å². The van der Waals surface area contributed by atoms with E-state index < -0.39 is 10.0 Å². The van der Waals surface area contributed by atoms with Crippen LogP contribution in [0.25, 0.3) is 0 Å². The van der Waals surface area contributed by atoms with Crippen molar-refractivity contribution < 1.29 is 13.2 Å². The van der Waals surface area contributed by atoms with Gasteiger partial charge in [0.1, 0.15) is 0 Å². The molecule has 146 valence electrons. The number of rotatable bonds is 7. The molecule has 1 fully saturated rings. The molecular formula is C19H31N3O3S. The van der Waals surface area contributed by atoms with Gasteiger partial charge < -0.3 is 11.1 Å². The van der Waals surface area contributed by atoms with Crippen LogP contribution in [0.15, 0.2) is 29.2 Å². The number of carbonyl (C=O) groups excluding carboxylic acids is 1. The molecule has 1 atom stereocenters. The number of hydrogen-bond acceptors (Lipinski definition) is 4. The van der Waals surface area contributed by atoms with Crippen molar-refractivity contribution in [1.29, 1.82) is 0 Å². The number of nitrogens with zero attached hydrogens (tertiary/aromatic N) is 1. The fraction of sp³-hybridized carbons (Fsp3) is 0.632. The summed E-state index contributed by atoms with van der Waals surface area (Å²) in [6.45, 7) is 7.99. The van der Waals surface area contributed by atoms with Gasteiger partial charge in [-0.25, -0.2) is 8.42 Å². The monoisotopic (exact) mass is 381 g/mol. The van der Waals surface area contributed by atoms with E-state index in [0.717, 1.165) is 5.56 Å². The van der Waals surface area contributed by atoms with E-state index in [1.165, 1.54) is 4.31 Å². The Hall–Kier alpha value is -1.44. The average molecular weight is 382 g/mol. The maximum absolute atomic E-state index is 12.8. The van der Waals surface area contributed by atoms with Crippen LogP contribution in [0.1, 0.15) is 45.1 Å². The summed E-state index contributed by atoms with van der Waals surface area (Å²) in [5, 5.41) is 2.92. The summed E-state index contributed by atoms with van der Waals surface area (Å²) in [7, 11) is -3.50. The van der Waals surface area contributed by atoms with Gasteiger partial charge in [-0.3, -0.25) is 4.79 Å². The summed E-state index contributed by atoms with van der Waals surface area (Å²) in [5.74, 6) is 0.481. The Balaban J connectivity index is 1.94. The molecule has 0 bridgehead atoms. The van der Waals surface area contributed by atoms with Crippen molar-refractivity contribution in [2.24, 2.45) is 17.6 Å². The van der Waals surface area contributed by atoms with E-state index in [0.29, 0.717) is 49.8 Å². The molecular weight excluding hydrogens is 350 g/mol. The van der Waals surface area contributed by atoms with E-state index in [4.69, 9.17) is 5.73 Å². The first-order valence-corrected chi connectivity index (χ1v) is 10.8. The largest absolute Gasteiger partial charge is 0.356 e. The number of nitrogens with two attached hydrogens (primary N) is 1. The van der Waals surface area contributed by atoms with E-state index in [1.807, 2.05) is 19.1 Å². The molecule has 6 nitrogen and oxygen atoms in total. The van der Waals surface area contributed by atoms with Gasteiger partial charge in [0.25, 0.3) is 0 Å². The zero-order chi connectivity index (χ0) is 19.3. The molecule has 1 saturated heterocycles. The lowest BCUT2D eigenvalue weighted by atomic mass is 9.97. The lowest BCUT2D eigenvalue weighted by Crippen LogP contribution is -2.44. The molecule has 0 aromatic heterocycles. The zero-order valence-electron chi connectivity index (χ0n) is 15.9. The van der Waals surface area contributed by atoms with Crippen LogP contribution in [0.4, 0.5) is 0 Å². The highest BCUT2D eigenvalue weighted by Gasteiger charge is 2.32. The smallest absolute Gasteiger partial charge is 0.243 e. The van der Waals surface area contributed by atoms with Crippen LogP contribution in [0.5, 0.6) is 0 Å². The second-order valence-electron chi connectivity index (χ2n) is 7.49. The molecule has 1 unspecified atom stereocenters. The van der Waals surface area contributed by atoms with Crippen molar-refractivity contribution in [3.63, 3.8) is 0 Å². The van der Waals surface area contributed by atoms with Gasteiger partial charge in [0.05, 0.1) is 4.90 Å². The molecule has 0 radical (unpaired) electrons. The Bertz CT molecular complexity index is 693. The second kappa shape index (κ2) is 8.97. The number of sulfonamides is 1. The topological polar surface area (TPSA) is 92.5 Å². The SMILES string of the molecule is CC(CN)CNC(=O)C1CCN(S(=O)(=O)c2ccc(C(C)C)cc2)CC1. The van der Waals surface area contributed by atoms with Crippen LogP contribution in [-0.2, 0) is 14.8 Å². The van der Waals surface area contributed by atoms with Gasteiger partial charge in [0, 0.05) is 25.6 Å². The molecule has 1 heterocycles. The molecule has 1 amide bonds. The van der Waals surface area contributed by atoms with Crippen molar-refractivity contribution in [2.75, 3.05) is 26.2 Å². The van der Waals surface area contributed by atoms with Crippen LogP contribution in [0.2, 0.25) is 0 Å². The summed E-state index contributed by atoms with van der Waals surface area (Å²) < 4.78 is 27.1. The molecule has 1 aromatic carbocycles. The third kappa shape index (κ3) is 5.05. The van der Waals surface area contributed by atoms with Crippen molar-refractivity contribution in [2.45, 2.75) is 44.4 Å². The standard InChI is InChI=1S/C19H31N3O3S/c1-14(2)16-4-6-18(7-5-16)26(24,25)22-10-8-17(9-11-22)19(23)21-13-15(3)12-20/h4-7,14-15,17H,8-13,20H2,1-3H3,(H,21,23). The molecule has 2 rings (SSSR count). The van der Waals surface area contributed by atoms with Gasteiger partial charge >= 0.3 is 0 Å². The molecule has 1 aromatic rings. The normalized spacial score (nSPS) is 18.0. The van der Waals surface area contributed by atoms with Crippen molar-refractivity contribution in [3.05, 3.63) is 29.8 Å². The minimum atomic E-state index is -3.50. The number of piperidine rings is 1. The van der Waals surface area contributed by atoms with Gasteiger partial charge in [-0.2, -0.15) is 4.31 Å². The number of benzene rings is 1. The van der Waals surface area contributed by atoms with Gasteiger partial charge in [0.2, 0.25) is 15.9 Å². The fourth-order valence-electron chi connectivity index (χ4n) is 3.03. The first kappa shape index (κ1) is 20.9. The zero-order valence-corrected chi connectivity index (χ0v) is 16.8. The Morgan fingerprint density at radius 2 is 1.77 bits per heavy atom. The minimum absolute atomic E-state index is 0.00337.